The quantitative estimate of drug-likeness (QED) is 0.316. The molecule has 3 aromatic carbocycles. The van der Waals surface area contributed by atoms with Gasteiger partial charge in [-0.3, -0.25) is 9.59 Å². The van der Waals surface area contributed by atoms with Crippen LogP contribution in [0, 0.1) is 0 Å². The van der Waals surface area contributed by atoms with E-state index in [0.717, 1.165) is 22.3 Å². The minimum Gasteiger partial charge on any atom is -0.449 e. The number of carbonyl (C=O) groups is 3. The van der Waals surface area contributed by atoms with Crippen LogP contribution in [-0.4, -0.2) is 49.3 Å². The monoisotopic (exact) mass is 550 g/mol. The smallest absolute Gasteiger partial charge is 0.449 e. The molecule has 0 spiro atoms. The van der Waals surface area contributed by atoms with Crippen molar-refractivity contribution < 1.29 is 28.4 Å². The maximum Gasteiger partial charge on any atom is 0.492 e. The van der Waals surface area contributed by atoms with Crippen LogP contribution in [0.4, 0.5) is 10.5 Å². The molecule has 1 saturated heterocycles. The van der Waals surface area contributed by atoms with E-state index < -0.39 is 36.1 Å². The lowest BCUT2D eigenvalue weighted by Gasteiger charge is -2.32. The van der Waals surface area contributed by atoms with Gasteiger partial charge in [0.2, 0.25) is 0 Å². The van der Waals surface area contributed by atoms with E-state index in [1.807, 2.05) is 52.0 Å². The molecule has 8 nitrogen and oxygen atoms in total. The molecule has 6 rings (SSSR count). The van der Waals surface area contributed by atoms with Gasteiger partial charge in [0.05, 0.1) is 22.5 Å². The lowest BCUT2D eigenvalue weighted by molar-refractivity contribution is -0.112. The average molecular weight is 550 g/mol. The number of ether oxygens (including phenoxy) is 1. The Morgan fingerprint density at radius 1 is 0.902 bits per heavy atom. The van der Waals surface area contributed by atoms with Crippen molar-refractivity contribution in [2.24, 2.45) is 0 Å². The number of amides is 2. The summed E-state index contributed by atoms with van der Waals surface area (Å²) in [6.45, 7) is 8.05. The molecule has 0 atom stereocenters. The molecular formula is C32H31BN2O6. The van der Waals surface area contributed by atoms with Gasteiger partial charge in [-0.25, -0.2) is 4.79 Å². The van der Waals surface area contributed by atoms with E-state index in [4.69, 9.17) is 14.0 Å². The molecule has 0 unspecified atom stereocenters. The minimum atomic E-state index is -0.766. The van der Waals surface area contributed by atoms with Crippen LogP contribution in [0.25, 0.3) is 17.2 Å². The zero-order chi connectivity index (χ0) is 28.9. The minimum absolute atomic E-state index is 0.0562. The van der Waals surface area contributed by atoms with Crippen LogP contribution in [-0.2, 0) is 18.8 Å². The first-order chi connectivity index (χ1) is 19.6. The van der Waals surface area contributed by atoms with Gasteiger partial charge in [0.1, 0.15) is 6.61 Å². The SMILES string of the molecule is CC1(C)OB(C(=Cc2cccc3c2NC(=O)C3=O)CNC(=O)OCC2c3ccccc3-c3ccccc32)OC1(C)C. The van der Waals surface area contributed by atoms with Crippen LogP contribution >= 0.6 is 0 Å². The number of anilines is 1. The third-order valence-electron chi connectivity index (χ3n) is 8.46. The zero-order valence-electron chi connectivity index (χ0n) is 23.4. The summed E-state index contributed by atoms with van der Waals surface area (Å²) in [7, 11) is -0.766. The lowest BCUT2D eigenvalue weighted by atomic mass is 9.76. The first kappa shape index (κ1) is 27.0. The van der Waals surface area contributed by atoms with Crippen LogP contribution in [0.3, 0.4) is 0 Å². The second kappa shape index (κ2) is 10.0. The highest BCUT2D eigenvalue weighted by atomic mass is 16.7. The molecule has 2 N–H and O–H groups in total. The summed E-state index contributed by atoms with van der Waals surface area (Å²) in [4.78, 5) is 37.3. The van der Waals surface area contributed by atoms with Crippen molar-refractivity contribution >= 4 is 36.7 Å². The largest absolute Gasteiger partial charge is 0.492 e. The summed E-state index contributed by atoms with van der Waals surface area (Å²) >= 11 is 0. The standard InChI is InChI=1S/C32H31BN2O6/c1-31(2)32(3,4)41-33(40-31)20(16-19-10-9-15-25-27(19)35-29(37)28(25)36)17-34-30(38)39-18-26-23-13-7-5-11-21(23)22-12-6-8-14-24(22)26/h5-16,26H,17-18H2,1-4H3,(H,34,38)(H,35,36,37). The predicted molar refractivity (Wildman–Crippen MR) is 157 cm³/mol. The Kier molecular flexibility index (Phi) is 6.59. The molecule has 2 heterocycles. The highest BCUT2D eigenvalue weighted by Crippen LogP contribution is 2.44. The van der Waals surface area contributed by atoms with Crippen molar-refractivity contribution in [3.05, 3.63) is 94.5 Å². The Morgan fingerprint density at radius 3 is 2.12 bits per heavy atom. The summed E-state index contributed by atoms with van der Waals surface area (Å²) in [6, 6.07) is 21.4. The Labute approximate surface area is 239 Å². The van der Waals surface area contributed by atoms with Gasteiger partial charge in [0.25, 0.3) is 11.7 Å². The van der Waals surface area contributed by atoms with Crippen LogP contribution in [0.2, 0.25) is 0 Å². The van der Waals surface area contributed by atoms with E-state index in [-0.39, 0.29) is 19.1 Å². The molecule has 1 fully saturated rings. The maximum absolute atomic E-state index is 13.0. The highest BCUT2D eigenvalue weighted by Gasteiger charge is 2.52. The number of alkyl carbamates (subject to hydrolysis) is 1. The number of nitrogens with one attached hydrogen (secondary N) is 2. The van der Waals surface area contributed by atoms with Crippen molar-refractivity contribution in [3.8, 4) is 11.1 Å². The lowest BCUT2D eigenvalue weighted by Crippen LogP contribution is -2.41. The number of para-hydroxylation sites is 1. The van der Waals surface area contributed by atoms with Crippen molar-refractivity contribution in [1.82, 2.24) is 5.32 Å². The number of ketones is 1. The Bertz CT molecular complexity index is 1550. The van der Waals surface area contributed by atoms with Crippen molar-refractivity contribution in [2.45, 2.75) is 44.8 Å². The van der Waals surface area contributed by atoms with E-state index in [9.17, 15) is 14.4 Å². The van der Waals surface area contributed by atoms with Gasteiger partial charge in [-0.15, -0.1) is 0 Å². The van der Waals surface area contributed by atoms with Gasteiger partial charge in [0, 0.05) is 12.5 Å². The molecule has 208 valence electrons. The van der Waals surface area contributed by atoms with Gasteiger partial charge in [0.15, 0.2) is 0 Å². The number of hydrogen-bond donors (Lipinski definition) is 2. The van der Waals surface area contributed by atoms with Crippen LogP contribution in [0.15, 0.2) is 72.2 Å². The fourth-order valence-corrected chi connectivity index (χ4v) is 5.53. The first-order valence-corrected chi connectivity index (χ1v) is 13.7. The van der Waals surface area contributed by atoms with Gasteiger partial charge in [-0.2, -0.15) is 0 Å². The summed E-state index contributed by atoms with van der Waals surface area (Å²) < 4.78 is 18.3. The van der Waals surface area contributed by atoms with Gasteiger partial charge in [-0.1, -0.05) is 66.7 Å². The average Bonchev–Trinajstić information content (AvgIpc) is 3.51. The second-order valence-electron chi connectivity index (χ2n) is 11.5. The molecule has 0 aromatic heterocycles. The maximum atomic E-state index is 13.0. The number of benzene rings is 3. The molecule has 3 aliphatic rings. The van der Waals surface area contributed by atoms with Gasteiger partial charge in [-0.05, 0) is 67.1 Å². The molecular weight excluding hydrogens is 519 g/mol. The fraction of sp³-hybridized carbons (Fsp3) is 0.281. The molecule has 9 heteroatoms. The topological polar surface area (TPSA) is 103 Å². The van der Waals surface area contributed by atoms with Crippen LogP contribution in [0.1, 0.15) is 60.7 Å². The van der Waals surface area contributed by atoms with Crippen LogP contribution < -0.4 is 10.6 Å². The molecule has 0 radical (unpaired) electrons. The first-order valence-electron chi connectivity index (χ1n) is 13.7. The van der Waals surface area contributed by atoms with E-state index >= 15 is 0 Å². The molecule has 0 bridgehead atoms. The second-order valence-corrected chi connectivity index (χ2v) is 11.5. The number of Topliss-reactive ketones (excluding diaryl/α,β-unsaturated/α-hetero) is 1. The molecule has 1 aliphatic carbocycles. The number of hydrogen-bond acceptors (Lipinski definition) is 6. The fourth-order valence-electron chi connectivity index (χ4n) is 5.53. The molecule has 3 aromatic rings. The Morgan fingerprint density at radius 2 is 1.49 bits per heavy atom. The number of fused-ring (bicyclic) bond motifs is 4. The Balaban J connectivity index is 1.21. The summed E-state index contributed by atoms with van der Waals surface area (Å²) in [5.41, 5.74) is 5.32. The van der Waals surface area contributed by atoms with Gasteiger partial charge >= 0.3 is 13.2 Å². The number of rotatable bonds is 6. The third kappa shape index (κ3) is 4.75. The van der Waals surface area contributed by atoms with E-state index in [1.54, 1.807) is 24.3 Å². The normalized spacial score (nSPS) is 18.5. The summed E-state index contributed by atoms with van der Waals surface area (Å²) in [5.74, 6) is -1.31. The third-order valence-corrected chi connectivity index (χ3v) is 8.46. The van der Waals surface area contributed by atoms with Gasteiger partial charge < -0.3 is 24.7 Å². The van der Waals surface area contributed by atoms with E-state index in [1.165, 1.54) is 0 Å². The number of carbonyl (C=O) groups excluding carboxylic acids is 3. The molecule has 0 saturated carbocycles. The van der Waals surface area contributed by atoms with E-state index in [0.29, 0.717) is 22.3 Å². The molecule has 41 heavy (non-hydrogen) atoms. The van der Waals surface area contributed by atoms with Crippen molar-refractivity contribution in [3.63, 3.8) is 0 Å². The molecule has 2 amide bonds. The highest BCUT2D eigenvalue weighted by molar-refractivity contribution is 6.56. The van der Waals surface area contributed by atoms with E-state index in [2.05, 4.69) is 34.9 Å². The summed E-state index contributed by atoms with van der Waals surface area (Å²) in [5, 5.41) is 5.50. The predicted octanol–water partition coefficient (Wildman–Crippen LogP) is 5.37. The zero-order valence-corrected chi connectivity index (χ0v) is 23.4. The molecule has 2 aliphatic heterocycles. The Hall–Kier alpha value is -4.21. The van der Waals surface area contributed by atoms with Crippen molar-refractivity contribution in [2.75, 3.05) is 18.5 Å². The van der Waals surface area contributed by atoms with Crippen LogP contribution in [0.5, 0.6) is 0 Å². The summed E-state index contributed by atoms with van der Waals surface area (Å²) in [6.07, 6.45) is 1.21. The van der Waals surface area contributed by atoms with Crippen molar-refractivity contribution in [1.29, 1.82) is 0 Å².